The van der Waals surface area contributed by atoms with E-state index in [2.05, 4.69) is 59.7 Å². The number of hydrogen-bond acceptors (Lipinski definition) is 4. The second-order valence-corrected chi connectivity index (χ2v) is 14.9. The molecule has 0 unspecified atom stereocenters. The summed E-state index contributed by atoms with van der Waals surface area (Å²) in [6, 6.07) is 21.1. The molecule has 0 N–H and O–H groups in total. The van der Waals surface area contributed by atoms with Crippen LogP contribution in [0.3, 0.4) is 0 Å². The zero-order valence-corrected chi connectivity index (χ0v) is 29.2. The molecule has 0 aliphatic heterocycles. The van der Waals surface area contributed by atoms with Crippen LogP contribution in [-0.2, 0) is 10.8 Å². The number of anilines is 1. The van der Waals surface area contributed by atoms with Crippen molar-refractivity contribution in [2.45, 2.75) is 59.3 Å². The lowest BCUT2D eigenvalue weighted by Crippen LogP contribution is -2.30. The Morgan fingerprint density at radius 3 is 1.48 bits per heavy atom. The third kappa shape index (κ3) is 5.02. The van der Waals surface area contributed by atoms with Crippen LogP contribution in [0.5, 0.6) is 0 Å². The van der Waals surface area contributed by atoms with Crippen LogP contribution in [0.25, 0.3) is 43.1 Å². The summed E-state index contributed by atoms with van der Waals surface area (Å²) in [5.74, 6) is -0.375. The quantitative estimate of drug-likeness (QED) is 0.104. The number of hydrogen-bond donors (Lipinski definition) is 0. The molecule has 0 atom stereocenters. The molecule has 6 aromatic carbocycles. The minimum Gasteiger partial charge on any atom is -0.342 e. The maximum atomic E-state index is 14.7. The molecule has 6 aromatic rings. The summed E-state index contributed by atoms with van der Waals surface area (Å²) in [5, 5.41) is 6.19. The Morgan fingerprint density at radius 1 is 0.604 bits per heavy atom. The third-order valence-electron chi connectivity index (χ3n) is 9.84. The van der Waals surface area contributed by atoms with Crippen LogP contribution in [0.2, 0.25) is 0 Å². The average molecular weight is 639 g/mol. The van der Waals surface area contributed by atoms with Gasteiger partial charge in [0.1, 0.15) is 0 Å². The molecule has 6 nitrogen and oxygen atoms in total. The molecule has 0 aliphatic carbocycles. The fourth-order valence-corrected chi connectivity index (χ4v) is 7.04. The van der Waals surface area contributed by atoms with Crippen LogP contribution in [0.4, 0.5) is 5.69 Å². The molecule has 0 spiro atoms. The molecule has 0 saturated carbocycles. The summed E-state index contributed by atoms with van der Waals surface area (Å²) in [6.45, 7) is 15.3. The van der Waals surface area contributed by atoms with Crippen molar-refractivity contribution in [2.75, 3.05) is 25.5 Å². The molecule has 0 aromatic heterocycles. The fourth-order valence-electron chi connectivity index (χ4n) is 7.04. The smallest absolute Gasteiger partial charge is 0.258 e. The standard InChI is InChI=1S/C42H42N2O4/c1-10-43(8)39(47)31-18-16-29-28-15-12-25(23-46)36-32(19-17-30(38(28)36)27-14-11-24(22-45)35(31)37(27)29)40(48)44(9)34-21-26(41(2,3)4)13-20-33(34)42(5,6)7/h11-23H,10H2,1-9H3. The van der Waals surface area contributed by atoms with Gasteiger partial charge < -0.3 is 9.80 Å². The van der Waals surface area contributed by atoms with Gasteiger partial charge in [-0.05, 0) is 79.4 Å². The van der Waals surface area contributed by atoms with E-state index in [-0.39, 0.29) is 22.6 Å². The first-order valence-electron chi connectivity index (χ1n) is 16.4. The Labute approximate surface area is 281 Å². The Morgan fingerprint density at radius 2 is 1.06 bits per heavy atom. The van der Waals surface area contributed by atoms with Gasteiger partial charge in [-0.25, -0.2) is 0 Å². The normalized spacial score (nSPS) is 12.3. The molecule has 0 radical (unpaired) electrons. The number of benzene rings is 6. The van der Waals surface area contributed by atoms with E-state index >= 15 is 0 Å². The summed E-state index contributed by atoms with van der Waals surface area (Å²) in [7, 11) is 3.55. The summed E-state index contributed by atoms with van der Waals surface area (Å²) in [4.78, 5) is 56.5. The van der Waals surface area contributed by atoms with Gasteiger partial charge in [0.15, 0.2) is 12.6 Å². The number of nitrogens with zero attached hydrogens (tertiary/aromatic N) is 2. The van der Waals surface area contributed by atoms with Crippen molar-refractivity contribution < 1.29 is 19.2 Å². The summed E-state index contributed by atoms with van der Waals surface area (Å²) in [6.07, 6.45) is 1.60. The molecule has 6 rings (SSSR count). The van der Waals surface area contributed by atoms with Gasteiger partial charge in [-0.2, -0.15) is 0 Å². The van der Waals surface area contributed by atoms with Gasteiger partial charge >= 0.3 is 0 Å². The van der Waals surface area contributed by atoms with Gasteiger partial charge in [-0.1, -0.05) is 90.1 Å². The molecule has 0 aliphatic rings. The Bertz CT molecular complexity index is 2280. The van der Waals surface area contributed by atoms with E-state index in [0.717, 1.165) is 61.7 Å². The lowest BCUT2D eigenvalue weighted by molar-refractivity contribution is 0.0804. The van der Waals surface area contributed by atoms with Crippen LogP contribution < -0.4 is 4.90 Å². The highest BCUT2D eigenvalue weighted by Gasteiger charge is 2.29. The van der Waals surface area contributed by atoms with Gasteiger partial charge in [-0.15, -0.1) is 0 Å². The first-order valence-corrected chi connectivity index (χ1v) is 16.4. The third-order valence-corrected chi connectivity index (χ3v) is 9.84. The first kappa shape index (κ1) is 32.8. The molecule has 0 fully saturated rings. The van der Waals surface area contributed by atoms with Crippen LogP contribution in [0.15, 0.2) is 66.7 Å². The van der Waals surface area contributed by atoms with E-state index < -0.39 is 0 Å². The van der Waals surface area contributed by atoms with Gasteiger partial charge in [0.2, 0.25) is 0 Å². The predicted octanol–water partition coefficient (Wildman–Crippen LogP) is 9.33. The van der Waals surface area contributed by atoms with Crippen molar-refractivity contribution in [1.29, 1.82) is 0 Å². The fraction of sp³-hybridized carbons (Fsp3) is 0.286. The maximum Gasteiger partial charge on any atom is 0.258 e. The Hall–Kier alpha value is -5.10. The highest BCUT2D eigenvalue weighted by atomic mass is 16.2. The van der Waals surface area contributed by atoms with E-state index in [9.17, 15) is 19.2 Å². The maximum absolute atomic E-state index is 14.7. The summed E-state index contributed by atoms with van der Waals surface area (Å²) < 4.78 is 0. The Kier molecular flexibility index (Phi) is 7.90. The monoisotopic (exact) mass is 638 g/mol. The van der Waals surface area contributed by atoms with Gasteiger partial charge in [0.25, 0.3) is 11.8 Å². The van der Waals surface area contributed by atoms with Crippen molar-refractivity contribution >= 4 is 73.2 Å². The van der Waals surface area contributed by atoms with Crippen molar-refractivity contribution in [3.8, 4) is 0 Å². The molecule has 0 saturated heterocycles. The Balaban J connectivity index is 1.67. The van der Waals surface area contributed by atoms with E-state index in [1.54, 1.807) is 42.1 Å². The lowest BCUT2D eigenvalue weighted by Gasteiger charge is -2.31. The number of carbonyl (C=O) groups is 4. The number of rotatable bonds is 6. The average Bonchev–Trinajstić information content (AvgIpc) is 3.07. The molecule has 2 amide bonds. The highest BCUT2D eigenvalue weighted by Crippen LogP contribution is 2.44. The van der Waals surface area contributed by atoms with Gasteiger partial charge in [-0.3, -0.25) is 19.2 Å². The predicted molar refractivity (Wildman–Crippen MR) is 198 cm³/mol. The number of fused-ring (bicyclic) bond motifs is 2. The zero-order valence-electron chi connectivity index (χ0n) is 29.2. The summed E-state index contributed by atoms with van der Waals surface area (Å²) >= 11 is 0. The summed E-state index contributed by atoms with van der Waals surface area (Å²) in [5.41, 5.74) is 4.43. The molecule has 0 heterocycles. The first-order chi connectivity index (χ1) is 22.6. The second kappa shape index (κ2) is 11.6. The molecule has 244 valence electrons. The van der Waals surface area contributed by atoms with Crippen LogP contribution in [-0.4, -0.2) is 49.9 Å². The molecular formula is C42H42N2O4. The van der Waals surface area contributed by atoms with Crippen molar-refractivity contribution in [2.24, 2.45) is 0 Å². The van der Waals surface area contributed by atoms with Crippen molar-refractivity contribution in [1.82, 2.24) is 4.90 Å². The van der Waals surface area contributed by atoms with E-state index in [1.807, 2.05) is 37.3 Å². The minimum absolute atomic E-state index is 0.117. The molecule has 0 bridgehead atoms. The number of aldehydes is 2. The topological polar surface area (TPSA) is 74.8 Å². The second-order valence-electron chi connectivity index (χ2n) is 14.9. The molecule has 6 heteroatoms. The van der Waals surface area contributed by atoms with E-state index in [0.29, 0.717) is 39.6 Å². The molecule has 48 heavy (non-hydrogen) atoms. The van der Waals surface area contributed by atoms with Crippen LogP contribution in [0.1, 0.15) is 101 Å². The van der Waals surface area contributed by atoms with Crippen LogP contribution in [0, 0.1) is 0 Å². The SMILES string of the molecule is CCN(C)C(=O)c1ccc2c3ccc(C=O)c4c(C(=O)N(C)c5cc(C(C)(C)C)ccc5C(C)(C)C)ccc(c5ccc(C=O)c1c25)c43. The minimum atomic E-state index is -0.219. The van der Waals surface area contributed by atoms with Crippen LogP contribution >= 0.6 is 0 Å². The number of amides is 2. The number of carbonyl (C=O) groups excluding carboxylic acids is 4. The zero-order chi connectivity index (χ0) is 34.9. The van der Waals surface area contributed by atoms with Gasteiger partial charge in [0.05, 0.1) is 0 Å². The van der Waals surface area contributed by atoms with E-state index in [4.69, 9.17) is 0 Å². The molecular weight excluding hydrogens is 596 g/mol. The highest BCUT2D eigenvalue weighted by molar-refractivity contribution is 6.38. The van der Waals surface area contributed by atoms with Crippen molar-refractivity contribution in [3.05, 3.63) is 100 Å². The van der Waals surface area contributed by atoms with Gasteiger partial charge in [0, 0.05) is 59.4 Å². The van der Waals surface area contributed by atoms with E-state index in [1.165, 1.54) is 0 Å². The largest absolute Gasteiger partial charge is 0.342 e. The lowest BCUT2D eigenvalue weighted by atomic mass is 9.80. The van der Waals surface area contributed by atoms with Crippen molar-refractivity contribution in [3.63, 3.8) is 0 Å².